The highest BCUT2D eigenvalue weighted by Crippen LogP contribution is 2.43. The number of anilines is 1. The van der Waals surface area contributed by atoms with Gasteiger partial charge in [-0.25, -0.2) is 14.6 Å². The third-order valence-electron chi connectivity index (χ3n) is 4.89. The summed E-state index contributed by atoms with van der Waals surface area (Å²) in [5.74, 6) is -0.507. The first kappa shape index (κ1) is 24.9. The maximum Gasteiger partial charge on any atom is 0.325 e. The predicted molar refractivity (Wildman–Crippen MR) is 131 cm³/mol. The van der Waals surface area contributed by atoms with Crippen molar-refractivity contribution in [2.45, 2.75) is 58.9 Å². The van der Waals surface area contributed by atoms with E-state index in [0.29, 0.717) is 33.2 Å². The van der Waals surface area contributed by atoms with Gasteiger partial charge in [0.25, 0.3) is 5.56 Å². The number of nitrogens with two attached hydrogens (primary N) is 1. The van der Waals surface area contributed by atoms with Gasteiger partial charge in [0.05, 0.1) is 10.7 Å². The molecule has 0 atom stereocenters. The number of hydrogen-bond acceptors (Lipinski definition) is 8. The van der Waals surface area contributed by atoms with Gasteiger partial charge in [-0.2, -0.15) is 10.4 Å². The van der Waals surface area contributed by atoms with Gasteiger partial charge in [0.1, 0.15) is 28.5 Å². The fourth-order valence-electron chi connectivity index (χ4n) is 3.19. The number of rotatable bonds is 4. The third-order valence-corrected chi connectivity index (χ3v) is 6.10. The van der Waals surface area contributed by atoms with Gasteiger partial charge in [0.2, 0.25) is 0 Å². The van der Waals surface area contributed by atoms with Gasteiger partial charge < -0.3 is 15.2 Å². The fraction of sp³-hybridized carbons (Fsp3) is 0.391. The van der Waals surface area contributed by atoms with E-state index in [4.69, 9.17) is 16.1 Å². The number of carboxylic acids is 1. The predicted octanol–water partition coefficient (Wildman–Crippen LogP) is 3.75. The Labute approximate surface area is 200 Å². The highest BCUT2D eigenvalue weighted by molar-refractivity contribution is 7.18. The average Bonchev–Trinajstić information content (AvgIpc) is 3.42. The maximum atomic E-state index is 12.3. The van der Waals surface area contributed by atoms with Gasteiger partial charge in [0.15, 0.2) is 5.69 Å². The van der Waals surface area contributed by atoms with Gasteiger partial charge in [-0.15, -0.1) is 11.3 Å². The molecule has 178 valence electrons. The van der Waals surface area contributed by atoms with Crippen LogP contribution in [0.4, 0.5) is 5.69 Å². The molecule has 0 bridgehead atoms. The summed E-state index contributed by atoms with van der Waals surface area (Å²) in [6, 6.07) is 5.49. The minimum Gasteiger partial charge on any atom is -0.480 e. The molecule has 10 nitrogen and oxygen atoms in total. The van der Waals surface area contributed by atoms with E-state index in [1.165, 1.54) is 11.3 Å². The number of thiazole rings is 1. The summed E-state index contributed by atoms with van der Waals surface area (Å²) in [7, 11) is 0. The molecule has 0 spiro atoms. The summed E-state index contributed by atoms with van der Waals surface area (Å²) >= 11 is 1.39. The van der Waals surface area contributed by atoms with Crippen LogP contribution in [0.2, 0.25) is 0 Å². The fourth-order valence-corrected chi connectivity index (χ4v) is 4.38. The molecule has 4 aromatic rings. The van der Waals surface area contributed by atoms with Gasteiger partial charge in [-0.1, -0.05) is 27.7 Å². The zero-order valence-electron chi connectivity index (χ0n) is 19.5. The monoisotopic (exact) mass is 481 g/mol. The molecule has 11 heteroatoms. The number of aliphatic carboxylic acids is 1. The second-order valence-corrected chi connectivity index (χ2v) is 8.90. The molecule has 1 saturated carbocycles. The number of imidazole rings is 1. The zero-order chi connectivity index (χ0) is 25.0. The number of aromatic nitrogens is 5. The van der Waals surface area contributed by atoms with Crippen LogP contribution in [0.3, 0.4) is 0 Å². The number of fused-ring (bicyclic) bond motifs is 2. The summed E-state index contributed by atoms with van der Waals surface area (Å²) in [6.07, 6.45) is 5.61. The normalized spacial score (nSPS) is 12.6. The van der Waals surface area contributed by atoms with Crippen molar-refractivity contribution in [2.75, 3.05) is 5.73 Å². The van der Waals surface area contributed by atoms with Crippen LogP contribution in [0, 0.1) is 11.3 Å². The van der Waals surface area contributed by atoms with Gasteiger partial charge in [0, 0.05) is 24.0 Å². The Morgan fingerprint density at radius 3 is 2.59 bits per heavy atom. The second-order valence-electron chi connectivity index (χ2n) is 7.87. The van der Waals surface area contributed by atoms with Crippen molar-refractivity contribution in [1.82, 2.24) is 24.1 Å². The quantitative estimate of drug-likeness (QED) is 0.447. The van der Waals surface area contributed by atoms with Crippen molar-refractivity contribution >= 4 is 38.9 Å². The summed E-state index contributed by atoms with van der Waals surface area (Å²) in [6.45, 7) is 7.52. The average molecular weight is 482 g/mol. The molecule has 3 N–H and O–H groups in total. The first-order chi connectivity index (χ1) is 16.3. The van der Waals surface area contributed by atoms with Crippen molar-refractivity contribution in [1.29, 1.82) is 5.26 Å². The standard InChI is InChI=1S/C13H15N3O3S.C8H6N4.C2H6/c1-6(2)9-10-11(20-12(14-10)7-3-4-7)13(19)16(15-9)5-8(17)18;9-3-7-5-12-4-6(10)1-2-8(12)11-7;1-2/h6-7H,3-5H2,1-2H3,(H,17,18);1-2,4-5H,10H2;1-2H3. The number of carboxylic acid groups (broad SMARTS) is 1. The largest absolute Gasteiger partial charge is 0.480 e. The molecule has 0 aromatic carbocycles. The number of pyridine rings is 1. The Hall–Kier alpha value is -3.78. The zero-order valence-corrected chi connectivity index (χ0v) is 20.3. The Balaban J connectivity index is 0.000000197. The minimum atomic E-state index is -1.07. The molecule has 0 amide bonds. The van der Waals surface area contributed by atoms with Crippen LogP contribution in [0.1, 0.15) is 68.8 Å². The van der Waals surface area contributed by atoms with E-state index >= 15 is 0 Å². The number of nitrogens with zero attached hydrogens (tertiary/aromatic N) is 6. The van der Waals surface area contributed by atoms with Crippen LogP contribution in [0.15, 0.2) is 29.3 Å². The van der Waals surface area contributed by atoms with Crippen LogP contribution in [0.25, 0.3) is 15.9 Å². The Morgan fingerprint density at radius 1 is 1.29 bits per heavy atom. The van der Waals surface area contributed by atoms with Crippen LogP contribution in [-0.4, -0.2) is 35.2 Å². The van der Waals surface area contributed by atoms with Crippen molar-refractivity contribution in [2.24, 2.45) is 0 Å². The van der Waals surface area contributed by atoms with Crippen LogP contribution >= 0.6 is 11.3 Å². The maximum absolute atomic E-state index is 12.3. The molecule has 1 fully saturated rings. The SMILES string of the molecule is CC.CC(C)c1nn(CC(=O)O)c(=O)c2sc(C3CC3)nc12.N#Cc1cn2cc(N)ccc2n1. The molecule has 5 rings (SSSR count). The van der Waals surface area contributed by atoms with Crippen molar-refractivity contribution in [3.05, 3.63) is 51.3 Å². The molecule has 0 unspecified atom stereocenters. The molecule has 0 radical (unpaired) electrons. The van der Waals surface area contributed by atoms with E-state index < -0.39 is 12.5 Å². The van der Waals surface area contributed by atoms with Crippen molar-refractivity contribution < 1.29 is 9.90 Å². The van der Waals surface area contributed by atoms with E-state index in [1.807, 2.05) is 33.8 Å². The van der Waals surface area contributed by atoms with Crippen molar-refractivity contribution in [3.63, 3.8) is 0 Å². The Morgan fingerprint density at radius 2 is 2.00 bits per heavy atom. The van der Waals surface area contributed by atoms with E-state index in [2.05, 4.69) is 15.1 Å². The highest BCUT2D eigenvalue weighted by atomic mass is 32.1. The number of nitriles is 1. The van der Waals surface area contributed by atoms with Crippen LogP contribution in [0.5, 0.6) is 0 Å². The first-order valence-electron chi connectivity index (χ1n) is 11.0. The van der Waals surface area contributed by atoms with Crippen LogP contribution in [-0.2, 0) is 11.3 Å². The molecule has 4 aromatic heterocycles. The van der Waals surface area contributed by atoms with E-state index in [0.717, 1.165) is 28.2 Å². The number of nitrogen functional groups attached to an aromatic ring is 1. The minimum absolute atomic E-state index is 0.0901. The van der Waals surface area contributed by atoms with E-state index in [1.54, 1.807) is 28.9 Å². The lowest BCUT2D eigenvalue weighted by Crippen LogP contribution is -2.27. The molecular formula is C23H27N7O3S. The van der Waals surface area contributed by atoms with Gasteiger partial charge >= 0.3 is 5.97 Å². The smallest absolute Gasteiger partial charge is 0.325 e. The lowest BCUT2D eigenvalue weighted by Gasteiger charge is -2.08. The molecule has 0 aliphatic heterocycles. The van der Waals surface area contributed by atoms with Crippen molar-refractivity contribution in [3.8, 4) is 6.07 Å². The van der Waals surface area contributed by atoms with Gasteiger partial charge in [-0.05, 0) is 30.9 Å². The summed E-state index contributed by atoms with van der Waals surface area (Å²) in [4.78, 5) is 31.7. The lowest BCUT2D eigenvalue weighted by molar-refractivity contribution is -0.138. The Kier molecular flexibility index (Phi) is 7.63. The van der Waals surface area contributed by atoms with E-state index in [-0.39, 0.29) is 11.5 Å². The summed E-state index contributed by atoms with van der Waals surface area (Å²) < 4.78 is 3.30. The van der Waals surface area contributed by atoms with E-state index in [9.17, 15) is 9.59 Å². The molecular weight excluding hydrogens is 454 g/mol. The molecule has 0 saturated heterocycles. The molecule has 1 aliphatic rings. The lowest BCUT2D eigenvalue weighted by atomic mass is 10.1. The summed E-state index contributed by atoms with van der Waals surface area (Å²) in [5.41, 5.74) is 8.34. The highest BCUT2D eigenvalue weighted by Gasteiger charge is 2.29. The second kappa shape index (κ2) is 10.4. The molecule has 34 heavy (non-hydrogen) atoms. The third kappa shape index (κ3) is 5.40. The molecule has 4 heterocycles. The Bertz CT molecular complexity index is 1420. The van der Waals surface area contributed by atoms with Gasteiger partial charge in [-0.3, -0.25) is 9.59 Å². The van der Waals surface area contributed by atoms with Crippen LogP contribution < -0.4 is 11.3 Å². The number of hydrogen-bond donors (Lipinski definition) is 2. The summed E-state index contributed by atoms with van der Waals surface area (Å²) in [5, 5.41) is 22.6. The first-order valence-corrected chi connectivity index (χ1v) is 11.9. The topological polar surface area (TPSA) is 152 Å². The molecule has 1 aliphatic carbocycles. The number of carbonyl (C=O) groups is 1.